The first kappa shape index (κ1) is 31.5. The Balaban J connectivity index is 1.03. The Kier molecular flexibility index (Phi) is 8.13. The molecule has 47 heavy (non-hydrogen) atoms. The van der Waals surface area contributed by atoms with Crippen LogP contribution in [0.25, 0.3) is 15.8 Å². The first-order valence-electron chi connectivity index (χ1n) is 16.0. The Bertz CT molecular complexity index is 2030. The van der Waals surface area contributed by atoms with E-state index in [4.69, 9.17) is 5.10 Å². The Morgan fingerprint density at radius 1 is 1.00 bits per heavy atom. The Labute approximate surface area is 279 Å². The SMILES string of the molecule is Cc1ccc(-n2nc(C(C)(C)C)cc2NC(=O)Nc2cccc(CC3CC4CCC(C3)N4S(=O)(=O)c3nccc4sncc34)c2)cc1. The van der Waals surface area contributed by atoms with Crippen molar-refractivity contribution in [2.24, 2.45) is 5.92 Å². The molecule has 7 rings (SSSR count). The number of carbonyl (C=O) groups is 1. The van der Waals surface area contributed by atoms with Gasteiger partial charge in [0.25, 0.3) is 10.0 Å². The molecule has 2 aliphatic heterocycles. The van der Waals surface area contributed by atoms with Gasteiger partial charge in [0.1, 0.15) is 5.82 Å². The predicted octanol–water partition coefficient (Wildman–Crippen LogP) is 7.30. The maximum absolute atomic E-state index is 13.9. The first-order valence-corrected chi connectivity index (χ1v) is 18.2. The van der Waals surface area contributed by atoms with Gasteiger partial charge in [-0.1, -0.05) is 50.6 Å². The second kappa shape index (κ2) is 12.1. The molecule has 0 radical (unpaired) electrons. The molecule has 2 bridgehead atoms. The van der Waals surface area contributed by atoms with E-state index in [1.807, 2.05) is 61.5 Å². The summed E-state index contributed by atoms with van der Waals surface area (Å²) < 4.78 is 36.2. The van der Waals surface area contributed by atoms with Crippen molar-refractivity contribution < 1.29 is 13.2 Å². The highest BCUT2D eigenvalue weighted by Gasteiger charge is 2.48. The summed E-state index contributed by atoms with van der Waals surface area (Å²) in [5.41, 5.74) is 4.51. The lowest BCUT2D eigenvalue weighted by Crippen LogP contribution is -2.47. The number of pyridine rings is 1. The standard InChI is InChI=1S/C35H39N7O3S2/c1-22-8-10-26(11-9-22)41-32(20-31(40-41)35(2,3)4)39-34(43)38-25-7-5-6-23(17-25)16-24-18-27-12-13-28(19-24)42(27)47(44,45)33-29-21-37-46-30(29)14-15-36-33/h5-11,14-15,17,20-21,24,27-28H,12-13,16,18-19H2,1-4H3,(H2,38,39,43). The van der Waals surface area contributed by atoms with Gasteiger partial charge >= 0.3 is 6.03 Å². The number of rotatable bonds is 7. The summed E-state index contributed by atoms with van der Waals surface area (Å²) in [4.78, 5) is 17.5. The van der Waals surface area contributed by atoms with Crippen LogP contribution in [0, 0.1) is 12.8 Å². The monoisotopic (exact) mass is 669 g/mol. The zero-order chi connectivity index (χ0) is 32.9. The Morgan fingerprint density at radius 3 is 2.47 bits per heavy atom. The van der Waals surface area contributed by atoms with Gasteiger partial charge in [0.05, 0.1) is 27.7 Å². The van der Waals surface area contributed by atoms with Crippen molar-refractivity contribution in [3.8, 4) is 5.69 Å². The number of sulfonamides is 1. The number of aromatic nitrogens is 4. The number of fused-ring (bicyclic) bond motifs is 3. The van der Waals surface area contributed by atoms with Crippen molar-refractivity contribution in [2.45, 2.75) is 82.3 Å². The van der Waals surface area contributed by atoms with Crippen LogP contribution in [0.5, 0.6) is 0 Å². The third-order valence-corrected chi connectivity index (χ3v) is 12.0. The summed E-state index contributed by atoms with van der Waals surface area (Å²) in [6.45, 7) is 8.32. The average molecular weight is 670 g/mol. The van der Waals surface area contributed by atoms with Gasteiger partial charge in [0.2, 0.25) is 0 Å². The molecule has 2 amide bonds. The number of carbonyl (C=O) groups excluding carboxylic acids is 1. The molecule has 3 aromatic heterocycles. The molecule has 2 saturated heterocycles. The molecule has 2 atom stereocenters. The summed E-state index contributed by atoms with van der Waals surface area (Å²) in [6, 6.07) is 19.2. The van der Waals surface area contributed by atoms with Crippen LogP contribution in [-0.2, 0) is 21.9 Å². The number of amides is 2. The van der Waals surface area contributed by atoms with Gasteiger partial charge in [-0.2, -0.15) is 13.8 Å². The fourth-order valence-electron chi connectivity index (χ4n) is 6.99. The molecule has 0 aliphatic carbocycles. The number of nitrogens with zero attached hydrogens (tertiary/aromatic N) is 5. The van der Waals surface area contributed by atoms with Gasteiger partial charge in [-0.25, -0.2) is 22.9 Å². The quantitative estimate of drug-likeness (QED) is 0.188. The highest BCUT2D eigenvalue weighted by molar-refractivity contribution is 7.89. The lowest BCUT2D eigenvalue weighted by Gasteiger charge is -2.37. The van der Waals surface area contributed by atoms with E-state index < -0.39 is 10.0 Å². The van der Waals surface area contributed by atoms with Crippen molar-refractivity contribution >= 4 is 49.2 Å². The Hall–Kier alpha value is -4.13. The van der Waals surface area contributed by atoms with E-state index >= 15 is 0 Å². The van der Waals surface area contributed by atoms with Crippen LogP contribution < -0.4 is 10.6 Å². The molecular weight excluding hydrogens is 631 g/mol. The van der Waals surface area contributed by atoms with Gasteiger partial charge in [-0.05, 0) is 92.4 Å². The molecule has 2 N–H and O–H groups in total. The smallest absolute Gasteiger partial charge is 0.308 e. The number of anilines is 2. The molecule has 5 heterocycles. The minimum atomic E-state index is -3.74. The number of hydrogen-bond donors (Lipinski definition) is 2. The minimum absolute atomic E-state index is 0.0455. The molecule has 244 valence electrons. The maximum Gasteiger partial charge on any atom is 0.324 e. The largest absolute Gasteiger partial charge is 0.324 e. The summed E-state index contributed by atoms with van der Waals surface area (Å²) in [5.74, 6) is 0.931. The van der Waals surface area contributed by atoms with Crippen molar-refractivity contribution in [1.82, 2.24) is 23.4 Å². The number of aryl methyl sites for hydroxylation is 1. The van der Waals surface area contributed by atoms with E-state index in [-0.39, 0.29) is 28.6 Å². The minimum Gasteiger partial charge on any atom is -0.308 e. The van der Waals surface area contributed by atoms with Crippen molar-refractivity contribution in [2.75, 3.05) is 10.6 Å². The van der Waals surface area contributed by atoms with E-state index in [1.54, 1.807) is 21.4 Å². The second-order valence-electron chi connectivity index (χ2n) is 13.8. The van der Waals surface area contributed by atoms with Crippen LogP contribution in [0.1, 0.15) is 63.3 Å². The van der Waals surface area contributed by atoms with Crippen LogP contribution in [-0.4, -0.2) is 50.0 Å². The number of urea groups is 1. The van der Waals surface area contributed by atoms with Crippen molar-refractivity contribution in [3.63, 3.8) is 0 Å². The van der Waals surface area contributed by atoms with Crippen LogP contribution in [0.4, 0.5) is 16.3 Å². The van der Waals surface area contributed by atoms with E-state index in [0.717, 1.165) is 59.3 Å². The molecule has 12 heteroatoms. The van der Waals surface area contributed by atoms with Gasteiger partial charge < -0.3 is 5.32 Å². The summed E-state index contributed by atoms with van der Waals surface area (Å²) in [6.07, 6.45) is 7.29. The number of piperidine rings is 1. The number of benzene rings is 2. The number of nitrogens with one attached hydrogen (secondary N) is 2. The van der Waals surface area contributed by atoms with Crippen molar-refractivity contribution in [3.05, 3.63) is 89.9 Å². The maximum atomic E-state index is 13.9. The second-order valence-corrected chi connectivity index (χ2v) is 16.4. The van der Waals surface area contributed by atoms with Gasteiger partial charge in [0.15, 0.2) is 5.03 Å². The third kappa shape index (κ3) is 6.29. The van der Waals surface area contributed by atoms with E-state index in [0.29, 0.717) is 22.8 Å². The molecule has 2 aromatic carbocycles. The zero-order valence-corrected chi connectivity index (χ0v) is 28.6. The fraction of sp³-hybridized carbons (Fsp3) is 0.371. The van der Waals surface area contributed by atoms with Crippen LogP contribution in [0.3, 0.4) is 0 Å². The highest BCUT2D eigenvalue weighted by atomic mass is 32.2. The van der Waals surface area contributed by atoms with Crippen molar-refractivity contribution in [1.29, 1.82) is 0 Å². The molecule has 0 spiro atoms. The van der Waals surface area contributed by atoms with Gasteiger partial charge in [0, 0.05) is 35.4 Å². The topological polar surface area (TPSA) is 122 Å². The zero-order valence-electron chi connectivity index (χ0n) is 27.0. The average Bonchev–Trinajstić information content (AvgIpc) is 3.74. The van der Waals surface area contributed by atoms with E-state index in [1.165, 1.54) is 11.5 Å². The van der Waals surface area contributed by atoms with Crippen LogP contribution >= 0.6 is 11.5 Å². The first-order chi connectivity index (χ1) is 22.5. The van der Waals surface area contributed by atoms with Gasteiger partial charge in [-0.3, -0.25) is 5.32 Å². The van der Waals surface area contributed by atoms with E-state index in [2.05, 4.69) is 46.8 Å². The molecule has 10 nitrogen and oxygen atoms in total. The molecule has 2 aliphatic rings. The summed E-state index contributed by atoms with van der Waals surface area (Å²) in [5, 5.41) is 11.5. The van der Waals surface area contributed by atoms with Gasteiger partial charge in [-0.15, -0.1) is 0 Å². The predicted molar refractivity (Wildman–Crippen MR) is 186 cm³/mol. The summed E-state index contributed by atoms with van der Waals surface area (Å²) >= 11 is 1.28. The highest BCUT2D eigenvalue weighted by Crippen LogP contribution is 2.43. The molecule has 2 fully saturated rings. The van der Waals surface area contributed by atoms with Crippen LogP contribution in [0.2, 0.25) is 0 Å². The van der Waals surface area contributed by atoms with E-state index in [9.17, 15) is 13.2 Å². The molecule has 2 unspecified atom stereocenters. The lowest BCUT2D eigenvalue weighted by molar-refractivity contribution is 0.190. The Morgan fingerprint density at radius 2 is 1.74 bits per heavy atom. The molecular formula is C35H39N7O3S2. The normalized spacial score (nSPS) is 20.0. The fourth-order valence-corrected chi connectivity index (χ4v) is 9.70. The summed E-state index contributed by atoms with van der Waals surface area (Å²) in [7, 11) is -3.74. The molecule has 5 aromatic rings. The lowest BCUT2D eigenvalue weighted by atomic mass is 9.87. The third-order valence-electron chi connectivity index (χ3n) is 9.24. The number of hydrogen-bond acceptors (Lipinski definition) is 7. The van der Waals surface area contributed by atoms with Crippen LogP contribution in [0.15, 0.2) is 78.1 Å². The molecule has 0 saturated carbocycles.